The number of carbonyl (C=O) groups is 1. The number of likely N-dealkylation sites (tertiary alicyclic amines) is 1. The zero-order valence-corrected chi connectivity index (χ0v) is 12.3. The van der Waals surface area contributed by atoms with Crippen molar-refractivity contribution in [2.45, 2.75) is 6.10 Å². The van der Waals surface area contributed by atoms with E-state index in [4.69, 9.17) is 0 Å². The second kappa shape index (κ2) is 5.55. The summed E-state index contributed by atoms with van der Waals surface area (Å²) < 4.78 is 24.8. The molecular weight excluding hydrogens is 282 g/mol. The van der Waals surface area contributed by atoms with E-state index < -0.39 is 22.0 Å². The quantitative estimate of drug-likeness (QED) is 0.772. The van der Waals surface area contributed by atoms with Gasteiger partial charge in [-0.3, -0.25) is 4.79 Å². The molecule has 8 heteroatoms. The summed E-state index contributed by atoms with van der Waals surface area (Å²) in [6, 6.07) is 1.65. The summed E-state index contributed by atoms with van der Waals surface area (Å²) in [4.78, 5) is 16.4. The van der Waals surface area contributed by atoms with Crippen LogP contribution in [-0.4, -0.2) is 72.7 Å². The number of hydrogen-bond donors (Lipinski definition) is 2. The number of rotatable bonds is 4. The lowest BCUT2D eigenvalue weighted by molar-refractivity contribution is 0.0765. The molecule has 20 heavy (non-hydrogen) atoms. The lowest BCUT2D eigenvalue weighted by Crippen LogP contribution is -2.33. The fourth-order valence-electron chi connectivity index (χ4n) is 2.24. The average Bonchev–Trinajstić information content (AvgIpc) is 2.98. The van der Waals surface area contributed by atoms with Gasteiger partial charge in [0.25, 0.3) is 5.91 Å². The van der Waals surface area contributed by atoms with E-state index in [1.54, 1.807) is 18.5 Å². The summed E-state index contributed by atoms with van der Waals surface area (Å²) in [5.74, 6) is -0.807. The van der Waals surface area contributed by atoms with Crippen LogP contribution in [0.3, 0.4) is 0 Å². The summed E-state index contributed by atoms with van der Waals surface area (Å²) in [7, 11) is -0.473. The molecule has 2 N–H and O–H groups in total. The van der Waals surface area contributed by atoms with Crippen LogP contribution in [-0.2, 0) is 10.0 Å². The SMILES string of the molecule is CN(C)S(=O)(=O)C[C@@H]1CN(C(=O)c2cc[nH]c2)C[C@H]1O. The van der Waals surface area contributed by atoms with E-state index in [0.717, 1.165) is 4.31 Å². The second-order valence-electron chi connectivity index (χ2n) is 5.20. The summed E-state index contributed by atoms with van der Waals surface area (Å²) in [6.45, 7) is 0.413. The van der Waals surface area contributed by atoms with Gasteiger partial charge in [-0.2, -0.15) is 0 Å². The van der Waals surface area contributed by atoms with Crippen LogP contribution in [0.5, 0.6) is 0 Å². The van der Waals surface area contributed by atoms with Crippen molar-refractivity contribution in [3.63, 3.8) is 0 Å². The highest BCUT2D eigenvalue weighted by Crippen LogP contribution is 2.21. The predicted octanol–water partition coefficient (Wildman–Crippen LogP) is -0.661. The number of hydrogen-bond acceptors (Lipinski definition) is 4. The number of nitrogens with one attached hydrogen (secondary N) is 1. The van der Waals surface area contributed by atoms with Gasteiger partial charge in [-0.15, -0.1) is 0 Å². The normalized spacial score (nSPS) is 23.5. The van der Waals surface area contributed by atoms with Crippen LogP contribution >= 0.6 is 0 Å². The van der Waals surface area contributed by atoms with E-state index in [2.05, 4.69) is 4.98 Å². The van der Waals surface area contributed by atoms with Crippen molar-refractivity contribution in [3.05, 3.63) is 24.0 Å². The maximum absolute atomic E-state index is 12.1. The largest absolute Gasteiger partial charge is 0.391 e. The summed E-state index contributed by atoms with van der Waals surface area (Å²) in [6.07, 6.45) is 2.42. The van der Waals surface area contributed by atoms with Crippen molar-refractivity contribution in [1.82, 2.24) is 14.2 Å². The third-order valence-corrected chi connectivity index (χ3v) is 5.48. The zero-order chi connectivity index (χ0) is 14.9. The Bertz CT molecular complexity index is 568. The van der Waals surface area contributed by atoms with Crippen LogP contribution in [0, 0.1) is 5.92 Å². The van der Waals surface area contributed by atoms with Crippen LogP contribution in [0.1, 0.15) is 10.4 Å². The number of carbonyl (C=O) groups excluding carboxylic acids is 1. The highest BCUT2D eigenvalue weighted by molar-refractivity contribution is 7.89. The number of nitrogens with zero attached hydrogens (tertiary/aromatic N) is 2. The molecule has 0 spiro atoms. The molecule has 1 saturated heterocycles. The maximum atomic E-state index is 12.1. The van der Waals surface area contributed by atoms with Gasteiger partial charge in [0, 0.05) is 45.5 Å². The monoisotopic (exact) mass is 301 g/mol. The first kappa shape index (κ1) is 15.0. The van der Waals surface area contributed by atoms with E-state index in [-0.39, 0.29) is 24.7 Å². The lowest BCUT2D eigenvalue weighted by Gasteiger charge is -2.17. The van der Waals surface area contributed by atoms with Crippen molar-refractivity contribution in [3.8, 4) is 0 Å². The number of H-pyrrole nitrogens is 1. The maximum Gasteiger partial charge on any atom is 0.255 e. The number of sulfonamides is 1. The van der Waals surface area contributed by atoms with Crippen LogP contribution in [0.15, 0.2) is 18.5 Å². The molecule has 0 aromatic carbocycles. The van der Waals surface area contributed by atoms with Gasteiger partial charge in [-0.05, 0) is 6.07 Å². The first-order valence-electron chi connectivity index (χ1n) is 6.31. The molecule has 0 aliphatic carbocycles. The number of aliphatic hydroxyl groups is 1. The molecule has 7 nitrogen and oxygen atoms in total. The van der Waals surface area contributed by atoms with Crippen LogP contribution < -0.4 is 0 Å². The lowest BCUT2D eigenvalue weighted by atomic mass is 10.1. The Labute approximate surface area is 118 Å². The van der Waals surface area contributed by atoms with Gasteiger partial charge in [0.15, 0.2) is 0 Å². The van der Waals surface area contributed by atoms with Crippen molar-refractivity contribution in [1.29, 1.82) is 0 Å². The van der Waals surface area contributed by atoms with E-state index in [1.165, 1.54) is 19.0 Å². The Balaban J connectivity index is 2.04. The Hall–Kier alpha value is -1.38. The van der Waals surface area contributed by atoms with Gasteiger partial charge in [0.1, 0.15) is 0 Å². The summed E-state index contributed by atoms with van der Waals surface area (Å²) in [5, 5.41) is 9.97. The molecular formula is C12H19N3O4S. The Morgan fingerprint density at radius 3 is 2.75 bits per heavy atom. The molecule has 2 rings (SSSR count). The first-order chi connectivity index (χ1) is 9.31. The van der Waals surface area contributed by atoms with Gasteiger partial charge in [-0.25, -0.2) is 12.7 Å². The molecule has 1 fully saturated rings. The van der Waals surface area contributed by atoms with E-state index in [1.807, 2.05) is 0 Å². The highest BCUT2D eigenvalue weighted by Gasteiger charge is 2.37. The molecule has 2 heterocycles. The third-order valence-electron chi connectivity index (χ3n) is 3.52. The number of aromatic nitrogens is 1. The molecule has 2 atom stereocenters. The minimum atomic E-state index is -3.39. The minimum absolute atomic E-state index is 0.155. The third kappa shape index (κ3) is 3.02. The van der Waals surface area contributed by atoms with E-state index in [0.29, 0.717) is 5.56 Å². The topological polar surface area (TPSA) is 93.7 Å². The number of aromatic amines is 1. The zero-order valence-electron chi connectivity index (χ0n) is 11.5. The second-order valence-corrected chi connectivity index (χ2v) is 7.43. The van der Waals surface area contributed by atoms with Crippen molar-refractivity contribution < 1.29 is 18.3 Å². The van der Waals surface area contributed by atoms with Gasteiger partial charge < -0.3 is 15.0 Å². The number of aliphatic hydroxyl groups excluding tert-OH is 1. The molecule has 0 saturated carbocycles. The predicted molar refractivity (Wildman–Crippen MR) is 73.7 cm³/mol. The smallest absolute Gasteiger partial charge is 0.255 e. The number of β-amino-alcohol motifs (C(OH)–C–C–N with tert-alkyl or cyclic N) is 1. The fraction of sp³-hybridized carbons (Fsp3) is 0.583. The Morgan fingerprint density at radius 2 is 2.20 bits per heavy atom. The van der Waals surface area contributed by atoms with Crippen LogP contribution in [0.4, 0.5) is 0 Å². The summed E-state index contributed by atoms with van der Waals surface area (Å²) >= 11 is 0. The Kier molecular flexibility index (Phi) is 4.17. The molecule has 0 radical (unpaired) electrons. The van der Waals surface area contributed by atoms with Crippen molar-refractivity contribution >= 4 is 15.9 Å². The van der Waals surface area contributed by atoms with E-state index in [9.17, 15) is 18.3 Å². The van der Waals surface area contributed by atoms with Crippen molar-refractivity contribution in [2.24, 2.45) is 5.92 Å². The van der Waals surface area contributed by atoms with Gasteiger partial charge in [0.2, 0.25) is 10.0 Å². The molecule has 1 aromatic rings. The van der Waals surface area contributed by atoms with Crippen LogP contribution in [0.25, 0.3) is 0 Å². The van der Waals surface area contributed by atoms with Gasteiger partial charge in [-0.1, -0.05) is 0 Å². The average molecular weight is 301 g/mol. The highest BCUT2D eigenvalue weighted by atomic mass is 32.2. The first-order valence-corrected chi connectivity index (χ1v) is 7.92. The minimum Gasteiger partial charge on any atom is -0.391 e. The van der Waals surface area contributed by atoms with Crippen molar-refractivity contribution in [2.75, 3.05) is 32.9 Å². The molecule has 1 amide bonds. The van der Waals surface area contributed by atoms with E-state index >= 15 is 0 Å². The molecule has 1 aromatic heterocycles. The molecule has 0 unspecified atom stereocenters. The number of amides is 1. The fourth-order valence-corrected chi connectivity index (χ4v) is 3.41. The molecule has 0 bridgehead atoms. The standard InChI is InChI=1S/C12H19N3O4S/c1-14(2)20(18,19)8-10-6-15(7-11(10)16)12(17)9-3-4-13-5-9/h3-5,10-11,13,16H,6-8H2,1-2H3/t10-,11+/m0/s1. The van der Waals surface area contributed by atoms with Gasteiger partial charge in [0.05, 0.1) is 17.4 Å². The van der Waals surface area contributed by atoms with Gasteiger partial charge >= 0.3 is 0 Å². The van der Waals surface area contributed by atoms with Crippen LogP contribution in [0.2, 0.25) is 0 Å². The Morgan fingerprint density at radius 1 is 1.50 bits per heavy atom. The molecule has 1 aliphatic heterocycles. The summed E-state index contributed by atoms with van der Waals surface area (Å²) in [5.41, 5.74) is 0.508. The molecule has 1 aliphatic rings. The molecule has 112 valence electrons.